The first-order chi connectivity index (χ1) is 3.31. The van der Waals surface area contributed by atoms with Crippen LogP contribution in [0.3, 0.4) is 0 Å². The number of hydrogen-bond acceptors (Lipinski definition) is 4. The molecule has 6 heteroatoms. The van der Waals surface area contributed by atoms with Crippen molar-refractivity contribution in [3.63, 3.8) is 0 Å². The second kappa shape index (κ2) is 7.53. The number of aliphatic hydroxyl groups excluding tert-OH is 1. The first-order valence-electron chi connectivity index (χ1n) is 1.44. The Bertz CT molecular complexity index is 88.6. The van der Waals surface area contributed by atoms with E-state index in [1.807, 2.05) is 0 Å². The van der Waals surface area contributed by atoms with Gasteiger partial charge in [0.05, 0.1) is 0 Å². The molecule has 0 aliphatic carbocycles. The van der Waals surface area contributed by atoms with Crippen LogP contribution in [0, 0.1) is 0 Å². The summed E-state index contributed by atoms with van der Waals surface area (Å²) >= 11 is 0. The molecule has 4 nitrogen and oxygen atoms in total. The standard InChI is InChI=1S/C2H3O4P.Na.H/c3-1-2(4)6-7-5;;/h3H,1H2;;/q;+1;-1. The average Bonchev–Trinajstić information content (AvgIpc) is 1.68. The molecule has 0 radical (unpaired) electrons. The Balaban J connectivity index is -0.000000180. The van der Waals surface area contributed by atoms with E-state index in [0.29, 0.717) is 0 Å². The third kappa shape index (κ3) is 6.53. The molecule has 0 heterocycles. The molecule has 1 N–H and O–H groups in total. The summed E-state index contributed by atoms with van der Waals surface area (Å²) in [6.45, 7) is -0.727. The molecule has 0 saturated heterocycles. The van der Waals surface area contributed by atoms with E-state index in [0.717, 1.165) is 0 Å². The summed E-state index contributed by atoms with van der Waals surface area (Å²) in [5.74, 6) is -0.892. The Morgan fingerprint density at radius 3 is 2.50 bits per heavy atom. The summed E-state index contributed by atoms with van der Waals surface area (Å²) in [6.07, 6.45) is 0. The molecular formula is C2H4NaO4P. The SMILES string of the molecule is O=POC(=O)CO.[H-].[Na+]. The largest absolute Gasteiger partial charge is 1.00 e. The van der Waals surface area contributed by atoms with Crippen LogP contribution in [0.25, 0.3) is 0 Å². The molecule has 0 rings (SSSR count). The van der Waals surface area contributed by atoms with E-state index in [1.54, 1.807) is 0 Å². The maximum atomic E-state index is 9.73. The van der Waals surface area contributed by atoms with Gasteiger partial charge in [0.15, 0.2) is 0 Å². The maximum Gasteiger partial charge on any atom is 1.00 e. The molecule has 0 aliphatic rings. The van der Waals surface area contributed by atoms with Gasteiger partial charge in [-0.05, 0) is 0 Å². The molecule has 0 aliphatic heterocycles. The molecule has 0 atom stereocenters. The van der Waals surface area contributed by atoms with Crippen molar-refractivity contribution in [2.75, 3.05) is 6.61 Å². The van der Waals surface area contributed by atoms with E-state index < -0.39 is 21.3 Å². The summed E-state index contributed by atoms with van der Waals surface area (Å²) in [5.41, 5.74) is 0. The normalized spacial score (nSPS) is 7.62. The topological polar surface area (TPSA) is 63.6 Å². The molecule has 0 aromatic carbocycles. The van der Waals surface area contributed by atoms with Gasteiger partial charge in [-0.1, -0.05) is 0 Å². The zero-order valence-electron chi connectivity index (χ0n) is 5.33. The maximum absolute atomic E-state index is 9.73. The van der Waals surface area contributed by atoms with Crippen LogP contribution in [-0.2, 0) is 13.9 Å². The number of carbonyl (C=O) groups is 1. The second-order valence-corrected chi connectivity index (χ2v) is 1.03. The molecule has 8 heavy (non-hydrogen) atoms. The Labute approximate surface area is 71.3 Å². The third-order valence-corrected chi connectivity index (χ3v) is 0.546. The number of aliphatic hydroxyl groups is 1. The van der Waals surface area contributed by atoms with Crippen molar-refractivity contribution in [2.24, 2.45) is 0 Å². The minimum Gasteiger partial charge on any atom is -1.00 e. The van der Waals surface area contributed by atoms with Crippen molar-refractivity contribution in [2.45, 2.75) is 0 Å². The van der Waals surface area contributed by atoms with Crippen LogP contribution >= 0.6 is 8.69 Å². The minimum atomic E-state index is -0.892. The van der Waals surface area contributed by atoms with Crippen LogP contribution in [0.4, 0.5) is 0 Å². The number of hydrogen-bond donors (Lipinski definition) is 1. The van der Waals surface area contributed by atoms with E-state index in [2.05, 4.69) is 4.52 Å². The van der Waals surface area contributed by atoms with Crippen LogP contribution in [0.2, 0.25) is 0 Å². The molecule has 0 aromatic rings. The van der Waals surface area contributed by atoms with Gasteiger partial charge in [0.1, 0.15) is 6.61 Å². The summed E-state index contributed by atoms with van der Waals surface area (Å²) in [6, 6.07) is 0. The first kappa shape index (κ1) is 11.3. The molecule has 0 bridgehead atoms. The van der Waals surface area contributed by atoms with Crippen molar-refractivity contribution in [3.8, 4) is 0 Å². The van der Waals surface area contributed by atoms with Crippen LogP contribution in [0.15, 0.2) is 0 Å². The molecular weight excluding hydrogens is 142 g/mol. The van der Waals surface area contributed by atoms with Crippen LogP contribution in [0.5, 0.6) is 0 Å². The fourth-order valence-electron chi connectivity index (χ4n) is 0.0704. The van der Waals surface area contributed by atoms with Gasteiger partial charge in [0, 0.05) is 0 Å². The Kier molecular flexibility index (Phi) is 10.7. The van der Waals surface area contributed by atoms with Gasteiger partial charge >= 0.3 is 44.2 Å². The molecule has 0 saturated carbocycles. The monoisotopic (exact) mass is 146 g/mol. The van der Waals surface area contributed by atoms with E-state index in [9.17, 15) is 9.36 Å². The van der Waals surface area contributed by atoms with Crippen molar-refractivity contribution < 1.29 is 50.0 Å². The second-order valence-electron chi connectivity index (χ2n) is 0.696. The third-order valence-electron chi connectivity index (χ3n) is 0.268. The predicted octanol–water partition coefficient (Wildman–Crippen LogP) is -3.15. The van der Waals surface area contributed by atoms with Gasteiger partial charge in [0.25, 0.3) is 0 Å². The van der Waals surface area contributed by atoms with Gasteiger partial charge in [-0.2, -0.15) is 0 Å². The molecule has 0 fully saturated rings. The zero-order chi connectivity index (χ0) is 5.70. The van der Waals surface area contributed by atoms with Gasteiger partial charge in [-0.3, -0.25) is 0 Å². The molecule has 0 amide bonds. The summed E-state index contributed by atoms with van der Waals surface area (Å²) < 4.78 is 13.0. The van der Waals surface area contributed by atoms with Gasteiger partial charge in [0.2, 0.25) is 0 Å². The fraction of sp³-hybridized carbons (Fsp3) is 0.500. The molecule has 0 aromatic heterocycles. The Hall–Kier alpha value is 0.530. The van der Waals surface area contributed by atoms with Gasteiger partial charge < -0.3 is 11.1 Å². The Morgan fingerprint density at radius 1 is 1.88 bits per heavy atom. The van der Waals surface area contributed by atoms with Crippen LogP contribution in [0.1, 0.15) is 1.43 Å². The number of carbonyl (C=O) groups excluding carboxylic acids is 1. The van der Waals surface area contributed by atoms with Crippen molar-refractivity contribution in [3.05, 3.63) is 0 Å². The van der Waals surface area contributed by atoms with Crippen molar-refractivity contribution >= 4 is 14.7 Å². The molecule has 0 unspecified atom stereocenters. The van der Waals surface area contributed by atoms with Crippen LogP contribution in [-0.4, -0.2) is 17.7 Å². The van der Waals surface area contributed by atoms with E-state index in [1.165, 1.54) is 0 Å². The van der Waals surface area contributed by atoms with Gasteiger partial charge in [-0.15, -0.1) is 0 Å². The quantitative estimate of drug-likeness (QED) is 0.330. The van der Waals surface area contributed by atoms with E-state index in [-0.39, 0.29) is 31.0 Å². The molecule has 0 spiro atoms. The van der Waals surface area contributed by atoms with Gasteiger partial charge in [-0.25, -0.2) is 9.36 Å². The first-order valence-corrected chi connectivity index (χ1v) is 2.17. The Morgan fingerprint density at radius 2 is 2.38 bits per heavy atom. The van der Waals surface area contributed by atoms with E-state index >= 15 is 0 Å². The van der Waals surface area contributed by atoms with Crippen molar-refractivity contribution in [1.29, 1.82) is 0 Å². The smallest absolute Gasteiger partial charge is 1.00 e. The molecule has 42 valence electrons. The predicted molar refractivity (Wildman–Crippen MR) is 21.9 cm³/mol. The fourth-order valence-corrected chi connectivity index (χ4v) is 0.211. The summed E-state index contributed by atoms with van der Waals surface area (Å²) in [5, 5.41) is 7.85. The summed E-state index contributed by atoms with van der Waals surface area (Å²) in [7, 11) is -0.720. The van der Waals surface area contributed by atoms with E-state index in [4.69, 9.17) is 5.11 Å². The van der Waals surface area contributed by atoms with Crippen molar-refractivity contribution in [1.82, 2.24) is 0 Å². The zero-order valence-corrected chi connectivity index (χ0v) is 7.22. The summed E-state index contributed by atoms with van der Waals surface area (Å²) in [4.78, 5) is 9.73. The number of rotatable bonds is 2. The average molecular weight is 146 g/mol. The van der Waals surface area contributed by atoms with Crippen LogP contribution < -0.4 is 29.6 Å². The minimum absolute atomic E-state index is 0.